The Morgan fingerprint density at radius 2 is 1.52 bits per heavy atom. The van der Waals surface area contributed by atoms with Crippen molar-refractivity contribution in [3.05, 3.63) is 88.9 Å². The monoisotopic (exact) mass is 429 g/mol. The van der Waals surface area contributed by atoms with Crippen LogP contribution in [0.4, 0.5) is 11.4 Å². The van der Waals surface area contributed by atoms with E-state index in [1.54, 1.807) is 36.4 Å². The number of para-hydroxylation sites is 1. The normalized spacial score (nSPS) is 10.9. The molecular weight excluding hydrogens is 414 g/mol. The molecule has 9 heteroatoms. The van der Waals surface area contributed by atoms with Crippen LogP contribution in [0.15, 0.2) is 77.7 Å². The average Bonchev–Trinajstić information content (AvgIpc) is 2.70. The molecule has 0 unspecified atom stereocenters. The van der Waals surface area contributed by atoms with Gasteiger partial charge in [0.1, 0.15) is 0 Å². The van der Waals surface area contributed by atoms with Crippen LogP contribution in [0.25, 0.3) is 0 Å². The van der Waals surface area contributed by atoms with Crippen molar-refractivity contribution in [2.45, 2.75) is 4.90 Å². The lowest BCUT2D eigenvalue weighted by Crippen LogP contribution is -2.18. The number of carbonyl (C=O) groups excluding carboxylic acids is 2. The Morgan fingerprint density at radius 1 is 0.862 bits per heavy atom. The fourth-order valence-electron chi connectivity index (χ4n) is 2.54. The van der Waals surface area contributed by atoms with Gasteiger partial charge in [-0.15, -0.1) is 0 Å². The summed E-state index contributed by atoms with van der Waals surface area (Å²) >= 11 is 6.17. The minimum Gasteiger partial charge on any atom is -0.366 e. The van der Waals surface area contributed by atoms with Gasteiger partial charge in [0.05, 0.1) is 26.9 Å². The highest BCUT2D eigenvalue weighted by atomic mass is 35.5. The highest BCUT2D eigenvalue weighted by Crippen LogP contribution is 2.26. The lowest BCUT2D eigenvalue weighted by atomic mass is 10.1. The van der Waals surface area contributed by atoms with Crippen LogP contribution >= 0.6 is 11.6 Å². The second-order valence-corrected chi connectivity index (χ2v) is 8.07. The molecule has 0 bridgehead atoms. The van der Waals surface area contributed by atoms with Crippen molar-refractivity contribution < 1.29 is 18.0 Å². The summed E-state index contributed by atoms with van der Waals surface area (Å²) in [6.45, 7) is 0. The Morgan fingerprint density at radius 3 is 2.17 bits per heavy atom. The van der Waals surface area contributed by atoms with Gasteiger partial charge in [-0.1, -0.05) is 41.9 Å². The van der Waals surface area contributed by atoms with Gasteiger partial charge < -0.3 is 11.1 Å². The molecule has 0 aliphatic heterocycles. The van der Waals surface area contributed by atoms with Gasteiger partial charge in [-0.05, 0) is 42.5 Å². The van der Waals surface area contributed by atoms with Crippen molar-refractivity contribution in [3.63, 3.8) is 0 Å². The summed E-state index contributed by atoms with van der Waals surface area (Å²) < 4.78 is 27.2. The van der Waals surface area contributed by atoms with Gasteiger partial charge in [0.25, 0.3) is 21.8 Å². The molecule has 4 N–H and O–H groups in total. The minimum atomic E-state index is -3.82. The molecule has 7 nitrogen and oxygen atoms in total. The fraction of sp³-hybridized carbons (Fsp3) is 0. The lowest BCUT2D eigenvalue weighted by Gasteiger charge is -2.12. The third-order valence-corrected chi connectivity index (χ3v) is 5.66. The number of rotatable bonds is 6. The number of carbonyl (C=O) groups is 2. The maximum absolute atomic E-state index is 12.5. The van der Waals surface area contributed by atoms with Crippen LogP contribution in [0.5, 0.6) is 0 Å². The average molecular weight is 430 g/mol. The number of hydrogen-bond donors (Lipinski definition) is 3. The standard InChI is InChI=1S/C20H16ClN3O4S/c21-16-12-13(20(26)23-17-9-5-4-8-15(17)19(22)25)10-11-18(16)24-29(27,28)14-6-2-1-3-7-14/h1-12,24H,(H2,22,25)(H,23,26). The first kappa shape index (κ1) is 20.4. The largest absolute Gasteiger partial charge is 0.366 e. The van der Waals surface area contributed by atoms with Gasteiger partial charge in [-0.3, -0.25) is 14.3 Å². The lowest BCUT2D eigenvalue weighted by molar-refractivity contribution is 0.100. The zero-order chi connectivity index (χ0) is 21.0. The molecule has 0 radical (unpaired) electrons. The zero-order valence-corrected chi connectivity index (χ0v) is 16.5. The van der Waals surface area contributed by atoms with Gasteiger partial charge in [0, 0.05) is 5.56 Å². The molecular formula is C20H16ClN3O4S. The predicted molar refractivity (Wildman–Crippen MR) is 112 cm³/mol. The van der Waals surface area contributed by atoms with E-state index in [4.69, 9.17) is 17.3 Å². The predicted octanol–water partition coefficient (Wildman–Crippen LogP) is 3.49. The van der Waals surface area contributed by atoms with Crippen LogP contribution in [0.1, 0.15) is 20.7 Å². The van der Waals surface area contributed by atoms with Gasteiger partial charge in [0.2, 0.25) is 0 Å². The van der Waals surface area contributed by atoms with Crippen molar-refractivity contribution in [2.24, 2.45) is 5.73 Å². The molecule has 0 saturated carbocycles. The second-order valence-electron chi connectivity index (χ2n) is 5.98. The number of benzene rings is 3. The Labute approximate surface area is 172 Å². The van der Waals surface area contributed by atoms with Crippen molar-refractivity contribution >= 4 is 44.8 Å². The number of amides is 2. The molecule has 3 rings (SSSR count). The third-order valence-electron chi connectivity index (χ3n) is 3.97. The summed E-state index contributed by atoms with van der Waals surface area (Å²) in [7, 11) is -3.82. The Hall–Kier alpha value is -3.36. The molecule has 0 aliphatic rings. The number of nitrogens with one attached hydrogen (secondary N) is 2. The van der Waals surface area contributed by atoms with E-state index in [0.717, 1.165) is 0 Å². The molecule has 0 saturated heterocycles. The van der Waals surface area contributed by atoms with Crippen LogP contribution in [0.3, 0.4) is 0 Å². The molecule has 0 fully saturated rings. The van der Waals surface area contributed by atoms with Gasteiger partial charge in [0.15, 0.2) is 0 Å². The van der Waals surface area contributed by atoms with E-state index in [9.17, 15) is 18.0 Å². The highest BCUT2D eigenvalue weighted by molar-refractivity contribution is 7.92. The molecule has 29 heavy (non-hydrogen) atoms. The van der Waals surface area contributed by atoms with Crippen LogP contribution in [-0.2, 0) is 10.0 Å². The van der Waals surface area contributed by atoms with Crippen molar-refractivity contribution in [1.29, 1.82) is 0 Å². The number of hydrogen-bond acceptors (Lipinski definition) is 4. The van der Waals surface area contributed by atoms with Crippen LogP contribution in [-0.4, -0.2) is 20.2 Å². The van der Waals surface area contributed by atoms with E-state index in [1.807, 2.05) is 0 Å². The van der Waals surface area contributed by atoms with E-state index in [0.29, 0.717) is 0 Å². The molecule has 148 valence electrons. The fourth-order valence-corrected chi connectivity index (χ4v) is 3.93. The summed E-state index contributed by atoms with van der Waals surface area (Å²) in [5.74, 6) is -1.21. The van der Waals surface area contributed by atoms with E-state index in [1.165, 1.54) is 36.4 Å². The number of primary amides is 1. The first-order valence-electron chi connectivity index (χ1n) is 8.35. The van der Waals surface area contributed by atoms with E-state index >= 15 is 0 Å². The molecule has 3 aromatic carbocycles. The second kappa shape index (κ2) is 8.34. The van der Waals surface area contributed by atoms with E-state index < -0.39 is 21.8 Å². The summed E-state index contributed by atoms with van der Waals surface area (Å²) in [6, 6.07) is 18.3. The smallest absolute Gasteiger partial charge is 0.261 e. The van der Waals surface area contributed by atoms with E-state index in [2.05, 4.69) is 10.0 Å². The Bertz CT molecular complexity index is 1180. The van der Waals surface area contributed by atoms with Gasteiger partial charge in [-0.2, -0.15) is 0 Å². The zero-order valence-electron chi connectivity index (χ0n) is 14.9. The number of sulfonamides is 1. The summed E-state index contributed by atoms with van der Waals surface area (Å²) in [5, 5.41) is 2.63. The molecule has 0 aromatic heterocycles. The van der Waals surface area contributed by atoms with Crippen LogP contribution in [0, 0.1) is 0 Å². The first-order chi connectivity index (χ1) is 13.8. The van der Waals surface area contributed by atoms with Crippen molar-refractivity contribution in [2.75, 3.05) is 10.0 Å². The number of halogens is 1. The van der Waals surface area contributed by atoms with E-state index in [-0.39, 0.29) is 32.4 Å². The van der Waals surface area contributed by atoms with Crippen LogP contribution < -0.4 is 15.8 Å². The van der Waals surface area contributed by atoms with Gasteiger partial charge in [-0.25, -0.2) is 8.42 Å². The van der Waals surface area contributed by atoms with Gasteiger partial charge >= 0.3 is 0 Å². The topological polar surface area (TPSA) is 118 Å². The molecule has 0 atom stereocenters. The Balaban J connectivity index is 1.81. The molecule has 3 aromatic rings. The molecule has 2 amide bonds. The molecule has 0 aliphatic carbocycles. The summed E-state index contributed by atoms with van der Waals surface area (Å²) in [4.78, 5) is 24.1. The minimum absolute atomic E-state index is 0.0420. The maximum atomic E-state index is 12.5. The SMILES string of the molecule is NC(=O)c1ccccc1NC(=O)c1ccc(NS(=O)(=O)c2ccccc2)c(Cl)c1. The Kier molecular flexibility index (Phi) is 5.86. The molecule has 0 spiro atoms. The third kappa shape index (κ3) is 4.74. The maximum Gasteiger partial charge on any atom is 0.261 e. The number of anilines is 2. The summed E-state index contributed by atoms with van der Waals surface area (Å²) in [6.07, 6.45) is 0. The highest BCUT2D eigenvalue weighted by Gasteiger charge is 2.17. The number of nitrogens with two attached hydrogens (primary N) is 1. The first-order valence-corrected chi connectivity index (χ1v) is 10.2. The summed E-state index contributed by atoms with van der Waals surface area (Å²) in [5.41, 5.74) is 6.04. The van der Waals surface area contributed by atoms with Crippen molar-refractivity contribution in [3.8, 4) is 0 Å². The van der Waals surface area contributed by atoms with Crippen LogP contribution in [0.2, 0.25) is 5.02 Å². The molecule has 0 heterocycles. The van der Waals surface area contributed by atoms with Crippen molar-refractivity contribution in [1.82, 2.24) is 0 Å². The quantitative estimate of drug-likeness (QED) is 0.555.